The summed E-state index contributed by atoms with van der Waals surface area (Å²) in [6.45, 7) is 0.563. The fraction of sp³-hybridized carbons (Fsp3) is 0.182. The van der Waals surface area contributed by atoms with Crippen LogP contribution in [0, 0.1) is 10.1 Å². The quantitative estimate of drug-likeness (QED) is 0.454. The average molecular weight is 414 g/mol. The molecule has 1 heterocycles. The third-order valence-electron chi connectivity index (χ3n) is 5.31. The van der Waals surface area contributed by atoms with Gasteiger partial charge in [0.1, 0.15) is 5.75 Å². The third kappa shape index (κ3) is 3.56. The van der Waals surface area contributed by atoms with Crippen molar-refractivity contribution in [2.45, 2.75) is 18.6 Å². The number of nitrogens with zero attached hydrogens (tertiary/aromatic N) is 2. The molecule has 3 aromatic rings. The standard InChI is InChI=1S/C22H17F3N2O3/c23-22(24,25)16-7-5-15(6-8-16)21(18-13-17(27(29)30)9-10-20(18)28)26-12-11-14-3-1-2-4-19(14)26/h1-10,13,21,28H,11-12H2. The molecule has 0 aliphatic carbocycles. The van der Waals surface area contributed by atoms with Gasteiger partial charge < -0.3 is 10.0 Å². The van der Waals surface area contributed by atoms with Gasteiger partial charge >= 0.3 is 6.18 Å². The predicted molar refractivity (Wildman–Crippen MR) is 106 cm³/mol. The molecule has 0 aromatic heterocycles. The van der Waals surface area contributed by atoms with Crippen LogP contribution in [-0.4, -0.2) is 16.6 Å². The molecule has 0 radical (unpaired) electrons. The van der Waals surface area contributed by atoms with Crippen LogP contribution in [0.4, 0.5) is 24.5 Å². The minimum Gasteiger partial charge on any atom is -0.508 e. The van der Waals surface area contributed by atoms with Crippen molar-refractivity contribution < 1.29 is 23.2 Å². The Labute approximate surface area is 170 Å². The van der Waals surface area contributed by atoms with Crippen LogP contribution >= 0.6 is 0 Å². The average Bonchev–Trinajstić information content (AvgIpc) is 3.13. The molecule has 1 N–H and O–H groups in total. The lowest BCUT2D eigenvalue weighted by Gasteiger charge is -2.32. The summed E-state index contributed by atoms with van der Waals surface area (Å²) < 4.78 is 39.1. The number of para-hydroxylation sites is 1. The van der Waals surface area contributed by atoms with Gasteiger partial charge in [0.05, 0.1) is 16.5 Å². The minimum absolute atomic E-state index is 0.158. The molecule has 0 spiro atoms. The molecule has 8 heteroatoms. The van der Waals surface area contributed by atoms with Crippen molar-refractivity contribution in [2.75, 3.05) is 11.4 Å². The number of nitro benzene ring substituents is 1. The van der Waals surface area contributed by atoms with E-state index >= 15 is 0 Å². The van der Waals surface area contributed by atoms with Gasteiger partial charge in [0.2, 0.25) is 0 Å². The van der Waals surface area contributed by atoms with Crippen LogP contribution in [-0.2, 0) is 12.6 Å². The van der Waals surface area contributed by atoms with Crippen molar-refractivity contribution in [2.24, 2.45) is 0 Å². The van der Waals surface area contributed by atoms with Gasteiger partial charge in [0.15, 0.2) is 0 Å². The second-order valence-corrected chi connectivity index (χ2v) is 7.09. The molecule has 3 aromatic carbocycles. The molecular weight excluding hydrogens is 397 g/mol. The number of hydrogen-bond donors (Lipinski definition) is 1. The first-order valence-electron chi connectivity index (χ1n) is 9.24. The molecule has 154 valence electrons. The number of hydrogen-bond acceptors (Lipinski definition) is 4. The van der Waals surface area contributed by atoms with E-state index in [1.807, 2.05) is 29.2 Å². The zero-order valence-corrected chi connectivity index (χ0v) is 15.6. The largest absolute Gasteiger partial charge is 0.508 e. The number of anilines is 1. The second-order valence-electron chi connectivity index (χ2n) is 7.09. The van der Waals surface area contributed by atoms with Gasteiger partial charge in [-0.15, -0.1) is 0 Å². The Morgan fingerprint density at radius 3 is 2.40 bits per heavy atom. The fourth-order valence-corrected chi connectivity index (χ4v) is 3.89. The highest BCUT2D eigenvalue weighted by molar-refractivity contribution is 5.63. The van der Waals surface area contributed by atoms with Crippen molar-refractivity contribution in [3.8, 4) is 5.75 Å². The summed E-state index contributed by atoms with van der Waals surface area (Å²) in [4.78, 5) is 12.7. The summed E-state index contributed by atoms with van der Waals surface area (Å²) in [6.07, 6.45) is -3.75. The number of non-ortho nitro benzene ring substituents is 1. The predicted octanol–water partition coefficient (Wildman–Crippen LogP) is 5.47. The summed E-state index contributed by atoms with van der Waals surface area (Å²) in [5.74, 6) is -0.158. The van der Waals surface area contributed by atoms with E-state index in [1.54, 1.807) is 0 Å². The lowest BCUT2D eigenvalue weighted by molar-refractivity contribution is -0.384. The van der Waals surface area contributed by atoms with E-state index in [0.717, 1.165) is 29.8 Å². The highest BCUT2D eigenvalue weighted by Gasteiger charge is 2.33. The van der Waals surface area contributed by atoms with Crippen molar-refractivity contribution in [1.82, 2.24) is 0 Å². The van der Waals surface area contributed by atoms with Crippen LogP contribution in [0.5, 0.6) is 5.75 Å². The molecule has 5 nitrogen and oxygen atoms in total. The molecule has 30 heavy (non-hydrogen) atoms. The lowest BCUT2D eigenvalue weighted by Crippen LogP contribution is -2.28. The van der Waals surface area contributed by atoms with Crippen molar-refractivity contribution in [3.05, 3.63) is 99.1 Å². The Bertz CT molecular complexity index is 1100. The molecule has 1 aliphatic heterocycles. The summed E-state index contributed by atoms with van der Waals surface area (Å²) >= 11 is 0. The zero-order valence-electron chi connectivity index (χ0n) is 15.6. The summed E-state index contributed by atoms with van der Waals surface area (Å²) in [5.41, 5.74) is 1.73. The van der Waals surface area contributed by atoms with Crippen LogP contribution in [0.3, 0.4) is 0 Å². The molecule has 0 bridgehead atoms. The van der Waals surface area contributed by atoms with Crippen molar-refractivity contribution in [1.29, 1.82) is 0 Å². The van der Waals surface area contributed by atoms with Crippen LogP contribution in [0.2, 0.25) is 0 Å². The molecule has 1 atom stereocenters. The first-order valence-corrected chi connectivity index (χ1v) is 9.24. The van der Waals surface area contributed by atoms with Gasteiger partial charge in [-0.2, -0.15) is 13.2 Å². The normalized spacial score (nSPS) is 14.4. The Kier molecular flexibility index (Phi) is 4.85. The van der Waals surface area contributed by atoms with Crippen LogP contribution in [0.1, 0.15) is 28.3 Å². The van der Waals surface area contributed by atoms with E-state index in [-0.39, 0.29) is 17.0 Å². The summed E-state index contributed by atoms with van der Waals surface area (Å²) in [7, 11) is 0. The van der Waals surface area contributed by atoms with E-state index in [2.05, 4.69) is 0 Å². The summed E-state index contributed by atoms with van der Waals surface area (Å²) in [6, 6.07) is 15.3. The smallest absolute Gasteiger partial charge is 0.416 e. The number of phenolic OH excluding ortho intramolecular Hbond substituents is 1. The fourth-order valence-electron chi connectivity index (χ4n) is 3.89. The van der Waals surface area contributed by atoms with E-state index < -0.39 is 22.7 Å². The topological polar surface area (TPSA) is 66.6 Å². The second kappa shape index (κ2) is 7.37. The molecule has 0 amide bonds. The molecule has 4 rings (SSSR count). The number of phenols is 1. The Balaban J connectivity index is 1.87. The van der Waals surface area contributed by atoms with Gasteiger partial charge in [-0.1, -0.05) is 30.3 Å². The zero-order chi connectivity index (χ0) is 21.5. The number of aromatic hydroxyl groups is 1. The number of nitro groups is 1. The van der Waals surface area contributed by atoms with Crippen molar-refractivity contribution in [3.63, 3.8) is 0 Å². The Hall–Kier alpha value is -3.55. The van der Waals surface area contributed by atoms with Gasteiger partial charge in [-0.25, -0.2) is 0 Å². The summed E-state index contributed by atoms with van der Waals surface area (Å²) in [5, 5.41) is 21.8. The van der Waals surface area contributed by atoms with Crippen LogP contribution in [0.15, 0.2) is 66.7 Å². The number of benzene rings is 3. The maximum Gasteiger partial charge on any atom is 0.416 e. The third-order valence-corrected chi connectivity index (χ3v) is 5.31. The molecule has 0 fully saturated rings. The highest BCUT2D eigenvalue weighted by Crippen LogP contribution is 2.43. The van der Waals surface area contributed by atoms with Gasteiger partial charge in [-0.3, -0.25) is 10.1 Å². The maximum absolute atomic E-state index is 13.0. The van der Waals surface area contributed by atoms with Gasteiger partial charge in [0, 0.05) is 29.9 Å². The number of rotatable bonds is 4. The lowest BCUT2D eigenvalue weighted by atomic mass is 9.94. The van der Waals surface area contributed by atoms with Crippen LogP contribution in [0.25, 0.3) is 0 Å². The van der Waals surface area contributed by atoms with E-state index in [0.29, 0.717) is 12.1 Å². The van der Waals surface area contributed by atoms with E-state index in [9.17, 15) is 28.4 Å². The number of fused-ring (bicyclic) bond motifs is 1. The SMILES string of the molecule is O=[N+]([O-])c1ccc(O)c(C(c2ccc(C(F)(F)F)cc2)N2CCc3ccccc32)c1. The van der Waals surface area contributed by atoms with E-state index in [1.165, 1.54) is 30.3 Å². The van der Waals surface area contributed by atoms with Crippen molar-refractivity contribution >= 4 is 11.4 Å². The Morgan fingerprint density at radius 1 is 1.03 bits per heavy atom. The number of halogens is 3. The highest BCUT2D eigenvalue weighted by atomic mass is 19.4. The number of alkyl halides is 3. The monoisotopic (exact) mass is 414 g/mol. The molecular formula is C22H17F3N2O3. The maximum atomic E-state index is 13.0. The first-order chi connectivity index (χ1) is 14.3. The van der Waals surface area contributed by atoms with Gasteiger partial charge in [0.25, 0.3) is 5.69 Å². The first kappa shape index (κ1) is 19.8. The molecule has 1 aliphatic rings. The van der Waals surface area contributed by atoms with E-state index in [4.69, 9.17) is 0 Å². The Morgan fingerprint density at radius 2 is 1.73 bits per heavy atom. The van der Waals surface area contributed by atoms with Gasteiger partial charge in [-0.05, 0) is 41.8 Å². The minimum atomic E-state index is -4.47. The molecule has 0 saturated carbocycles. The molecule has 0 saturated heterocycles. The molecule has 1 unspecified atom stereocenters. The van der Waals surface area contributed by atoms with Crippen LogP contribution < -0.4 is 4.90 Å².